The summed E-state index contributed by atoms with van der Waals surface area (Å²) in [5.74, 6) is 2.45. The van der Waals surface area contributed by atoms with Gasteiger partial charge in [0.1, 0.15) is 0 Å². The van der Waals surface area contributed by atoms with Crippen LogP contribution in [0.4, 0.5) is 0 Å². The summed E-state index contributed by atoms with van der Waals surface area (Å²) in [6, 6.07) is 0. The van der Waals surface area contributed by atoms with Gasteiger partial charge >= 0.3 is 10.3 Å². The van der Waals surface area contributed by atoms with E-state index in [1.54, 1.807) is 0 Å². The van der Waals surface area contributed by atoms with Crippen LogP contribution in [-0.2, 0) is 14.5 Å². The second-order valence-electron chi connectivity index (χ2n) is 6.17. The lowest BCUT2D eigenvalue weighted by molar-refractivity contribution is -0.0735. The van der Waals surface area contributed by atoms with Crippen LogP contribution in [0.25, 0.3) is 0 Å². The molecule has 0 aromatic heterocycles. The average Bonchev–Trinajstić information content (AvgIpc) is 2.11. The minimum absolute atomic E-state index is 0.126. The van der Waals surface area contributed by atoms with Gasteiger partial charge in [0.15, 0.2) is 0 Å². The fourth-order valence-corrected chi connectivity index (χ4v) is 5.09. The largest absolute Gasteiger partial charge is 0.333 e. The third kappa shape index (κ3) is 2.00. The van der Waals surface area contributed by atoms with Gasteiger partial charge in [-0.1, -0.05) is 0 Å². The number of nitrogens with two attached hydrogens (primary N) is 1. The number of rotatable bonds is 3. The van der Waals surface area contributed by atoms with Gasteiger partial charge in [-0.3, -0.25) is 4.18 Å². The van der Waals surface area contributed by atoms with Crippen molar-refractivity contribution in [3.05, 3.63) is 0 Å². The van der Waals surface area contributed by atoms with Crippen LogP contribution in [0.15, 0.2) is 0 Å². The Bertz CT molecular complexity index is 355. The molecule has 92 valence electrons. The van der Waals surface area contributed by atoms with Gasteiger partial charge in [0.2, 0.25) is 0 Å². The molecule has 0 amide bonds. The van der Waals surface area contributed by atoms with E-state index >= 15 is 0 Å². The molecule has 16 heavy (non-hydrogen) atoms. The molecule has 0 saturated heterocycles. The normalized spacial score (nSPS) is 46.2. The van der Waals surface area contributed by atoms with Crippen molar-refractivity contribution in [3.8, 4) is 0 Å². The molecule has 0 unspecified atom stereocenters. The van der Waals surface area contributed by atoms with E-state index in [-0.39, 0.29) is 5.41 Å². The molecule has 0 radical (unpaired) electrons. The first kappa shape index (κ1) is 11.0. The minimum atomic E-state index is -3.77. The predicted octanol–water partition coefficient (Wildman–Crippen LogP) is 1.42. The molecule has 4 aliphatic carbocycles. The maximum absolute atomic E-state index is 10.9. The van der Waals surface area contributed by atoms with Crippen LogP contribution in [0, 0.1) is 23.2 Å². The van der Waals surface area contributed by atoms with Crippen molar-refractivity contribution in [2.24, 2.45) is 28.3 Å². The summed E-state index contributed by atoms with van der Waals surface area (Å²) in [4.78, 5) is 0. The van der Waals surface area contributed by atoms with Gasteiger partial charge in [-0.2, -0.15) is 8.42 Å². The van der Waals surface area contributed by atoms with Gasteiger partial charge in [-0.05, 0) is 61.7 Å². The Morgan fingerprint density at radius 2 is 1.50 bits per heavy atom. The van der Waals surface area contributed by atoms with E-state index in [9.17, 15) is 8.42 Å². The van der Waals surface area contributed by atoms with E-state index in [0.29, 0.717) is 6.61 Å². The van der Waals surface area contributed by atoms with Gasteiger partial charge in [0, 0.05) is 0 Å². The van der Waals surface area contributed by atoms with E-state index in [0.717, 1.165) is 37.0 Å². The molecule has 0 aliphatic heterocycles. The second-order valence-corrected chi connectivity index (χ2v) is 7.39. The number of hydrogen-bond donors (Lipinski definition) is 1. The highest BCUT2D eigenvalue weighted by Gasteiger charge is 2.51. The highest BCUT2D eigenvalue weighted by atomic mass is 32.2. The Morgan fingerprint density at radius 1 is 1.06 bits per heavy atom. The van der Waals surface area contributed by atoms with Gasteiger partial charge < -0.3 is 0 Å². The maximum Gasteiger partial charge on any atom is 0.333 e. The molecule has 4 nitrogen and oxygen atoms in total. The lowest BCUT2D eigenvalue weighted by atomic mass is 9.50. The molecule has 0 aromatic carbocycles. The predicted molar refractivity (Wildman–Crippen MR) is 59.7 cm³/mol. The summed E-state index contributed by atoms with van der Waals surface area (Å²) in [7, 11) is -3.77. The van der Waals surface area contributed by atoms with Gasteiger partial charge in [0.05, 0.1) is 6.61 Å². The zero-order chi connectivity index (χ0) is 11.4. The second kappa shape index (κ2) is 3.43. The Labute approximate surface area is 96.8 Å². The Hall–Kier alpha value is -0.130. The molecular formula is C11H19NO3S. The molecule has 4 rings (SSSR count). The fraction of sp³-hybridized carbons (Fsp3) is 1.00. The fourth-order valence-electron chi connectivity index (χ4n) is 4.67. The monoisotopic (exact) mass is 245 g/mol. The van der Waals surface area contributed by atoms with Crippen LogP contribution >= 0.6 is 0 Å². The average molecular weight is 245 g/mol. The van der Waals surface area contributed by atoms with Gasteiger partial charge in [0.25, 0.3) is 0 Å². The van der Waals surface area contributed by atoms with Crippen molar-refractivity contribution >= 4 is 10.3 Å². The Kier molecular flexibility index (Phi) is 2.36. The summed E-state index contributed by atoms with van der Waals surface area (Å²) in [6.45, 7) is 0.315. The highest BCUT2D eigenvalue weighted by molar-refractivity contribution is 7.84. The topological polar surface area (TPSA) is 69.4 Å². The van der Waals surface area contributed by atoms with Crippen LogP contribution in [0.5, 0.6) is 0 Å². The van der Waals surface area contributed by atoms with Crippen molar-refractivity contribution in [3.63, 3.8) is 0 Å². The smallest absolute Gasteiger partial charge is 0.258 e. The molecule has 0 spiro atoms. The number of hydrogen-bond acceptors (Lipinski definition) is 3. The SMILES string of the molecule is NS(=O)(=O)OCC12CC3CC(CC(C3)C1)C2. The van der Waals surface area contributed by atoms with Crippen LogP contribution in [-0.4, -0.2) is 15.0 Å². The van der Waals surface area contributed by atoms with Crippen LogP contribution in [0.2, 0.25) is 0 Å². The van der Waals surface area contributed by atoms with E-state index in [1.165, 1.54) is 19.3 Å². The maximum atomic E-state index is 10.9. The lowest BCUT2D eigenvalue weighted by Crippen LogP contribution is -2.48. The molecule has 0 aromatic rings. The molecule has 4 fully saturated rings. The third-order valence-corrected chi connectivity index (χ3v) is 5.14. The van der Waals surface area contributed by atoms with Crippen LogP contribution in [0.1, 0.15) is 38.5 Å². The molecule has 5 heteroatoms. The molecule has 0 heterocycles. The molecule has 4 aliphatic rings. The lowest BCUT2D eigenvalue weighted by Gasteiger charge is -2.56. The quantitative estimate of drug-likeness (QED) is 0.817. The zero-order valence-electron chi connectivity index (χ0n) is 9.39. The van der Waals surface area contributed by atoms with E-state index in [1.807, 2.05) is 0 Å². The van der Waals surface area contributed by atoms with Crippen molar-refractivity contribution in [1.29, 1.82) is 0 Å². The van der Waals surface area contributed by atoms with Crippen molar-refractivity contribution in [1.82, 2.24) is 0 Å². The van der Waals surface area contributed by atoms with Crippen LogP contribution in [0.3, 0.4) is 0 Å². The standard InChI is InChI=1S/C11H19NO3S/c12-16(13,14)15-7-11-4-8-1-9(5-11)3-10(2-8)6-11/h8-10H,1-7H2,(H2,12,13,14). The minimum Gasteiger partial charge on any atom is -0.258 e. The summed E-state index contributed by atoms with van der Waals surface area (Å²) >= 11 is 0. The van der Waals surface area contributed by atoms with E-state index < -0.39 is 10.3 Å². The summed E-state index contributed by atoms with van der Waals surface area (Å²) in [5, 5.41) is 4.91. The Balaban J connectivity index is 1.74. The van der Waals surface area contributed by atoms with Gasteiger partial charge in [-0.25, -0.2) is 5.14 Å². The van der Waals surface area contributed by atoms with E-state index in [4.69, 9.17) is 9.32 Å². The summed E-state index contributed by atoms with van der Waals surface area (Å²) in [5.41, 5.74) is 0.126. The third-order valence-electron chi connectivity index (χ3n) is 4.69. The van der Waals surface area contributed by atoms with Crippen molar-refractivity contribution in [2.75, 3.05) is 6.61 Å². The van der Waals surface area contributed by atoms with Crippen molar-refractivity contribution < 1.29 is 12.6 Å². The molecule has 2 N–H and O–H groups in total. The Morgan fingerprint density at radius 3 is 1.88 bits per heavy atom. The summed E-state index contributed by atoms with van der Waals surface area (Å²) < 4.78 is 26.6. The zero-order valence-corrected chi connectivity index (χ0v) is 10.2. The van der Waals surface area contributed by atoms with Crippen LogP contribution < -0.4 is 5.14 Å². The first-order valence-electron chi connectivity index (χ1n) is 6.11. The molecular weight excluding hydrogens is 226 g/mol. The van der Waals surface area contributed by atoms with Crippen molar-refractivity contribution in [2.45, 2.75) is 38.5 Å². The first-order valence-corrected chi connectivity index (χ1v) is 7.58. The molecule has 4 bridgehead atoms. The highest BCUT2D eigenvalue weighted by Crippen LogP contribution is 2.60. The van der Waals surface area contributed by atoms with E-state index in [2.05, 4.69) is 0 Å². The summed E-state index contributed by atoms with van der Waals surface area (Å²) in [6.07, 6.45) is 7.51. The molecule has 0 atom stereocenters. The molecule has 4 saturated carbocycles. The first-order chi connectivity index (χ1) is 7.44. The van der Waals surface area contributed by atoms with Gasteiger partial charge in [-0.15, -0.1) is 0 Å².